The molecule has 0 radical (unpaired) electrons. The highest BCUT2D eigenvalue weighted by Gasteiger charge is 2.49. The maximum atomic E-state index is 14.5. The summed E-state index contributed by atoms with van der Waals surface area (Å²) < 4.78 is 53.8. The van der Waals surface area contributed by atoms with Gasteiger partial charge in [0.2, 0.25) is 0 Å². The quantitative estimate of drug-likeness (QED) is 0.899. The molecule has 0 spiro atoms. The molecular weight excluding hydrogens is 344 g/mol. The second kappa shape index (κ2) is 6.50. The molecule has 0 saturated heterocycles. The first-order chi connectivity index (χ1) is 11.8. The highest BCUT2D eigenvalue weighted by atomic mass is 32.2. The number of sulfone groups is 1. The van der Waals surface area contributed by atoms with Crippen molar-refractivity contribution in [1.82, 2.24) is 0 Å². The zero-order valence-electron chi connectivity index (χ0n) is 14.0. The van der Waals surface area contributed by atoms with Crippen molar-refractivity contribution in [1.29, 1.82) is 0 Å². The van der Waals surface area contributed by atoms with E-state index >= 15 is 0 Å². The van der Waals surface area contributed by atoms with Crippen LogP contribution in [-0.2, 0) is 14.6 Å². The van der Waals surface area contributed by atoms with Crippen LogP contribution in [0, 0.1) is 18.6 Å². The summed E-state index contributed by atoms with van der Waals surface area (Å²) >= 11 is 0. The van der Waals surface area contributed by atoms with E-state index in [1.165, 1.54) is 12.1 Å². The molecule has 1 saturated carbocycles. The van der Waals surface area contributed by atoms with E-state index in [9.17, 15) is 17.2 Å². The lowest BCUT2D eigenvalue weighted by molar-refractivity contribution is 0.337. The highest BCUT2D eigenvalue weighted by molar-refractivity contribution is 7.92. The molecule has 134 valence electrons. The zero-order chi connectivity index (χ0) is 18.2. The van der Waals surface area contributed by atoms with Gasteiger partial charge in [-0.05, 0) is 62.9 Å². The predicted octanol–water partition coefficient (Wildman–Crippen LogP) is 3.84. The standard InChI is InChI=1S/C19H21F2NO2S/c1-13-2-5-16(6-3-13)25(23,24)19(10-8-15(22)9-11-19)17-12-14(20)4-7-18(17)21/h2-7,12,15H,8-11,22H2,1H3. The van der Waals surface area contributed by atoms with Gasteiger partial charge in [0, 0.05) is 11.6 Å². The number of benzene rings is 2. The summed E-state index contributed by atoms with van der Waals surface area (Å²) in [5, 5.41) is 0. The lowest BCUT2D eigenvalue weighted by atomic mass is 9.81. The van der Waals surface area contributed by atoms with Crippen molar-refractivity contribution in [2.24, 2.45) is 5.73 Å². The van der Waals surface area contributed by atoms with Gasteiger partial charge in [0.15, 0.2) is 9.84 Å². The van der Waals surface area contributed by atoms with E-state index in [-0.39, 0.29) is 29.3 Å². The average Bonchev–Trinajstić information content (AvgIpc) is 2.58. The molecule has 25 heavy (non-hydrogen) atoms. The van der Waals surface area contributed by atoms with Crippen molar-refractivity contribution < 1.29 is 17.2 Å². The number of rotatable bonds is 3. The molecule has 1 fully saturated rings. The molecule has 1 aliphatic carbocycles. The summed E-state index contributed by atoms with van der Waals surface area (Å²) in [4.78, 5) is 0.122. The van der Waals surface area contributed by atoms with Gasteiger partial charge in [0.05, 0.1) is 4.90 Å². The summed E-state index contributed by atoms with van der Waals surface area (Å²) in [6.45, 7) is 1.86. The van der Waals surface area contributed by atoms with Crippen molar-refractivity contribution in [3.8, 4) is 0 Å². The molecule has 0 heterocycles. The third kappa shape index (κ3) is 3.09. The second-order valence-electron chi connectivity index (χ2n) is 6.77. The molecular formula is C19H21F2NO2S. The van der Waals surface area contributed by atoms with E-state index in [4.69, 9.17) is 5.73 Å². The monoisotopic (exact) mass is 365 g/mol. The first-order valence-corrected chi connectivity index (χ1v) is 9.77. The van der Waals surface area contributed by atoms with E-state index in [0.717, 1.165) is 23.8 Å². The molecule has 0 unspecified atom stereocenters. The van der Waals surface area contributed by atoms with Crippen LogP contribution in [-0.4, -0.2) is 14.5 Å². The Morgan fingerprint density at radius 3 is 2.24 bits per heavy atom. The van der Waals surface area contributed by atoms with Crippen LogP contribution < -0.4 is 5.73 Å². The Labute approximate surface area is 146 Å². The summed E-state index contributed by atoms with van der Waals surface area (Å²) in [6, 6.07) is 9.34. The molecule has 2 aromatic rings. The summed E-state index contributed by atoms with van der Waals surface area (Å²) in [5.41, 5.74) is 6.77. The van der Waals surface area contributed by atoms with Gasteiger partial charge in [-0.3, -0.25) is 0 Å². The van der Waals surface area contributed by atoms with E-state index < -0.39 is 26.2 Å². The number of aryl methyl sites for hydroxylation is 1. The third-order valence-corrected chi connectivity index (χ3v) is 7.65. The largest absolute Gasteiger partial charge is 0.328 e. The Hall–Kier alpha value is -1.79. The number of hydrogen-bond donors (Lipinski definition) is 1. The molecule has 2 N–H and O–H groups in total. The normalized spacial score (nSPS) is 24.2. The lowest BCUT2D eigenvalue weighted by Crippen LogP contribution is -2.43. The number of halogens is 2. The highest BCUT2D eigenvalue weighted by Crippen LogP contribution is 2.47. The fraction of sp³-hybridized carbons (Fsp3) is 0.368. The van der Waals surface area contributed by atoms with Crippen LogP contribution in [0.3, 0.4) is 0 Å². The molecule has 3 nitrogen and oxygen atoms in total. The Morgan fingerprint density at radius 2 is 1.64 bits per heavy atom. The van der Waals surface area contributed by atoms with Gasteiger partial charge in [-0.1, -0.05) is 17.7 Å². The Kier molecular flexibility index (Phi) is 4.68. The minimum absolute atomic E-state index is 0.0972. The molecule has 0 aromatic heterocycles. The van der Waals surface area contributed by atoms with E-state index in [0.29, 0.717) is 12.8 Å². The van der Waals surface area contributed by atoms with Crippen LogP contribution in [0.4, 0.5) is 8.78 Å². The number of nitrogens with two attached hydrogens (primary N) is 1. The SMILES string of the molecule is Cc1ccc(S(=O)(=O)C2(c3cc(F)ccc3F)CCC(N)CC2)cc1. The van der Waals surface area contributed by atoms with Gasteiger partial charge < -0.3 is 5.73 Å². The first kappa shape index (κ1) is 18.0. The number of hydrogen-bond acceptors (Lipinski definition) is 3. The minimum Gasteiger partial charge on any atom is -0.328 e. The first-order valence-electron chi connectivity index (χ1n) is 8.29. The predicted molar refractivity (Wildman–Crippen MR) is 92.8 cm³/mol. The van der Waals surface area contributed by atoms with Gasteiger partial charge in [-0.2, -0.15) is 0 Å². The van der Waals surface area contributed by atoms with Crippen molar-refractivity contribution in [2.75, 3.05) is 0 Å². The van der Waals surface area contributed by atoms with Gasteiger partial charge >= 0.3 is 0 Å². The molecule has 0 amide bonds. The second-order valence-corrected chi connectivity index (χ2v) is 9.03. The maximum Gasteiger partial charge on any atom is 0.188 e. The van der Waals surface area contributed by atoms with Crippen LogP contribution in [0.15, 0.2) is 47.4 Å². The average molecular weight is 365 g/mol. The summed E-state index contributed by atoms with van der Waals surface area (Å²) in [7, 11) is -3.92. The van der Waals surface area contributed by atoms with Crippen LogP contribution in [0.5, 0.6) is 0 Å². The summed E-state index contributed by atoms with van der Waals surface area (Å²) in [6.07, 6.45) is 1.23. The topological polar surface area (TPSA) is 60.2 Å². The Bertz CT molecular complexity index is 871. The van der Waals surface area contributed by atoms with Crippen molar-refractivity contribution in [2.45, 2.75) is 48.3 Å². The van der Waals surface area contributed by atoms with Crippen LogP contribution in [0.2, 0.25) is 0 Å². The molecule has 6 heteroatoms. The fourth-order valence-corrected chi connectivity index (χ4v) is 5.74. The Morgan fingerprint density at radius 1 is 1.04 bits per heavy atom. The Balaban J connectivity index is 2.21. The van der Waals surface area contributed by atoms with E-state index in [1.807, 2.05) is 6.92 Å². The summed E-state index contributed by atoms with van der Waals surface area (Å²) in [5.74, 6) is -1.35. The van der Waals surface area contributed by atoms with E-state index in [1.54, 1.807) is 12.1 Å². The molecule has 1 aliphatic rings. The van der Waals surface area contributed by atoms with Crippen LogP contribution in [0.1, 0.15) is 36.8 Å². The van der Waals surface area contributed by atoms with Crippen molar-refractivity contribution in [3.05, 3.63) is 65.2 Å². The zero-order valence-corrected chi connectivity index (χ0v) is 14.8. The van der Waals surface area contributed by atoms with Crippen molar-refractivity contribution >= 4 is 9.84 Å². The minimum atomic E-state index is -3.92. The van der Waals surface area contributed by atoms with Crippen molar-refractivity contribution in [3.63, 3.8) is 0 Å². The molecule has 3 rings (SSSR count). The molecule has 0 aliphatic heterocycles. The fourth-order valence-electron chi connectivity index (χ4n) is 3.58. The van der Waals surface area contributed by atoms with Crippen LogP contribution in [0.25, 0.3) is 0 Å². The molecule has 2 aromatic carbocycles. The van der Waals surface area contributed by atoms with Gasteiger partial charge in [0.1, 0.15) is 16.4 Å². The molecule has 0 bridgehead atoms. The van der Waals surface area contributed by atoms with Gasteiger partial charge in [-0.15, -0.1) is 0 Å². The van der Waals surface area contributed by atoms with Gasteiger partial charge in [0.25, 0.3) is 0 Å². The third-order valence-electron chi connectivity index (χ3n) is 5.10. The van der Waals surface area contributed by atoms with E-state index in [2.05, 4.69) is 0 Å². The van der Waals surface area contributed by atoms with Gasteiger partial charge in [-0.25, -0.2) is 17.2 Å². The molecule has 0 atom stereocenters. The van der Waals surface area contributed by atoms with Crippen LogP contribution >= 0.6 is 0 Å². The lowest BCUT2D eigenvalue weighted by Gasteiger charge is -2.39. The smallest absolute Gasteiger partial charge is 0.188 e. The maximum absolute atomic E-state index is 14.5.